The van der Waals surface area contributed by atoms with Gasteiger partial charge < -0.3 is 4.90 Å². The molecule has 1 saturated heterocycles. The van der Waals surface area contributed by atoms with Crippen molar-refractivity contribution < 1.29 is 13.2 Å². The first kappa shape index (κ1) is 22.2. The first-order chi connectivity index (χ1) is 15.4. The molecule has 32 heavy (non-hydrogen) atoms. The molecule has 0 unspecified atom stereocenters. The molecule has 1 aliphatic rings. The van der Waals surface area contributed by atoms with Gasteiger partial charge in [0, 0.05) is 25.2 Å². The first-order valence-corrected chi connectivity index (χ1v) is 12.4. The van der Waals surface area contributed by atoms with Crippen molar-refractivity contribution in [3.05, 3.63) is 101 Å². The highest BCUT2D eigenvalue weighted by Crippen LogP contribution is 2.29. The van der Waals surface area contributed by atoms with Crippen LogP contribution in [0.2, 0.25) is 0 Å². The molecule has 0 spiro atoms. The minimum atomic E-state index is -3.74. The van der Waals surface area contributed by atoms with E-state index in [1.807, 2.05) is 53.4 Å². The molecule has 3 aromatic rings. The van der Waals surface area contributed by atoms with Gasteiger partial charge in [-0.2, -0.15) is 0 Å². The average Bonchev–Trinajstić information content (AvgIpc) is 2.84. The molecule has 1 amide bonds. The Hall–Kier alpha value is -2.96. The number of sulfonamides is 1. The Morgan fingerprint density at radius 3 is 2.22 bits per heavy atom. The normalized spacial score (nSPS) is 15.0. The predicted octanol–water partition coefficient (Wildman–Crippen LogP) is 4.49. The summed E-state index contributed by atoms with van der Waals surface area (Å²) in [6.07, 6.45) is 1.82. The minimum Gasteiger partial charge on any atom is -0.339 e. The van der Waals surface area contributed by atoms with Crippen LogP contribution in [-0.2, 0) is 16.6 Å². The van der Waals surface area contributed by atoms with Crippen LogP contribution in [0.4, 0.5) is 0 Å². The number of rotatable bonds is 6. The van der Waals surface area contributed by atoms with E-state index in [2.05, 4.69) is 16.9 Å². The van der Waals surface area contributed by atoms with Crippen molar-refractivity contribution in [1.82, 2.24) is 9.62 Å². The van der Waals surface area contributed by atoms with E-state index in [9.17, 15) is 13.2 Å². The van der Waals surface area contributed by atoms with Crippen molar-refractivity contribution in [2.24, 2.45) is 0 Å². The molecule has 0 radical (unpaired) electrons. The summed E-state index contributed by atoms with van der Waals surface area (Å²) in [6, 6.07) is 24.7. The van der Waals surface area contributed by atoms with E-state index in [1.165, 1.54) is 11.6 Å². The number of nitrogens with one attached hydrogen (secondary N) is 1. The van der Waals surface area contributed by atoms with Gasteiger partial charge in [0.05, 0.1) is 4.90 Å². The lowest BCUT2D eigenvalue weighted by Crippen LogP contribution is -2.38. The lowest BCUT2D eigenvalue weighted by atomic mass is 9.89. The summed E-state index contributed by atoms with van der Waals surface area (Å²) in [6.45, 7) is 3.28. The van der Waals surface area contributed by atoms with Crippen molar-refractivity contribution in [3.63, 3.8) is 0 Å². The maximum absolute atomic E-state index is 13.1. The number of benzene rings is 3. The van der Waals surface area contributed by atoms with Crippen molar-refractivity contribution in [1.29, 1.82) is 0 Å². The van der Waals surface area contributed by atoms with Crippen LogP contribution in [0.15, 0.2) is 83.8 Å². The van der Waals surface area contributed by atoms with Gasteiger partial charge in [0.2, 0.25) is 10.0 Å². The number of amides is 1. The van der Waals surface area contributed by atoms with Crippen LogP contribution in [-0.4, -0.2) is 32.3 Å². The van der Waals surface area contributed by atoms with Crippen LogP contribution in [0.1, 0.15) is 45.8 Å². The maximum atomic E-state index is 13.1. The summed E-state index contributed by atoms with van der Waals surface area (Å²) >= 11 is 0. The second-order valence-corrected chi connectivity index (χ2v) is 10.0. The molecular formula is C26H28N2O3S. The zero-order chi connectivity index (χ0) is 22.6. The predicted molar refractivity (Wildman–Crippen MR) is 126 cm³/mol. The van der Waals surface area contributed by atoms with Gasteiger partial charge in [-0.15, -0.1) is 0 Å². The zero-order valence-electron chi connectivity index (χ0n) is 18.2. The summed E-state index contributed by atoms with van der Waals surface area (Å²) in [5, 5.41) is 0. The van der Waals surface area contributed by atoms with Crippen molar-refractivity contribution in [3.8, 4) is 0 Å². The van der Waals surface area contributed by atoms with Crippen LogP contribution in [0.3, 0.4) is 0 Å². The molecule has 0 atom stereocenters. The SMILES string of the molecule is Cc1ccc(C(=O)N2CCC(c3ccccc3)CC2)cc1S(=O)(=O)NCc1ccccc1. The van der Waals surface area contributed by atoms with Gasteiger partial charge >= 0.3 is 0 Å². The fourth-order valence-electron chi connectivity index (χ4n) is 4.20. The monoisotopic (exact) mass is 448 g/mol. The molecule has 0 bridgehead atoms. The Labute approximate surface area is 190 Å². The maximum Gasteiger partial charge on any atom is 0.253 e. The molecule has 1 N–H and O–H groups in total. The van der Waals surface area contributed by atoms with Crippen LogP contribution < -0.4 is 4.72 Å². The van der Waals surface area contributed by atoms with E-state index in [1.54, 1.807) is 19.1 Å². The quantitative estimate of drug-likeness (QED) is 0.604. The molecule has 1 aliphatic heterocycles. The molecule has 166 valence electrons. The molecule has 0 saturated carbocycles. The van der Waals surface area contributed by atoms with E-state index in [0.717, 1.165) is 18.4 Å². The molecular weight excluding hydrogens is 420 g/mol. The molecule has 1 heterocycles. The minimum absolute atomic E-state index is 0.115. The van der Waals surface area contributed by atoms with E-state index in [4.69, 9.17) is 0 Å². The second kappa shape index (κ2) is 9.67. The van der Waals surface area contributed by atoms with E-state index >= 15 is 0 Å². The molecule has 5 nitrogen and oxygen atoms in total. The third kappa shape index (κ3) is 5.09. The van der Waals surface area contributed by atoms with Crippen LogP contribution in [0, 0.1) is 6.92 Å². The van der Waals surface area contributed by atoms with E-state index < -0.39 is 10.0 Å². The van der Waals surface area contributed by atoms with Gasteiger partial charge in [-0.05, 0) is 54.5 Å². The number of hydrogen-bond acceptors (Lipinski definition) is 3. The van der Waals surface area contributed by atoms with Gasteiger partial charge in [0.25, 0.3) is 5.91 Å². The Balaban J connectivity index is 1.45. The Bertz CT molecular complexity index is 1170. The summed E-state index contributed by atoms with van der Waals surface area (Å²) in [7, 11) is -3.74. The molecule has 0 aliphatic carbocycles. The van der Waals surface area contributed by atoms with Crippen LogP contribution in [0.5, 0.6) is 0 Å². The van der Waals surface area contributed by atoms with Gasteiger partial charge in [-0.25, -0.2) is 13.1 Å². The molecule has 0 aromatic heterocycles. The van der Waals surface area contributed by atoms with Gasteiger partial charge in [-0.1, -0.05) is 66.7 Å². The average molecular weight is 449 g/mol. The molecule has 6 heteroatoms. The molecule has 1 fully saturated rings. The van der Waals surface area contributed by atoms with Gasteiger partial charge in [-0.3, -0.25) is 4.79 Å². The number of likely N-dealkylation sites (tertiary alicyclic amines) is 1. The summed E-state index contributed by atoms with van der Waals surface area (Å²) in [5.74, 6) is 0.340. The first-order valence-electron chi connectivity index (χ1n) is 10.9. The highest BCUT2D eigenvalue weighted by molar-refractivity contribution is 7.89. The molecule has 3 aromatic carbocycles. The topological polar surface area (TPSA) is 66.5 Å². The molecule has 4 rings (SSSR count). The second-order valence-electron chi connectivity index (χ2n) is 8.27. The number of nitrogens with zero attached hydrogens (tertiary/aromatic N) is 1. The summed E-state index contributed by atoms with van der Waals surface area (Å²) in [5.41, 5.74) is 3.22. The number of carbonyl (C=O) groups excluding carboxylic acids is 1. The van der Waals surface area contributed by atoms with Crippen LogP contribution in [0.25, 0.3) is 0 Å². The van der Waals surface area contributed by atoms with Gasteiger partial charge in [0.1, 0.15) is 0 Å². The van der Waals surface area contributed by atoms with E-state index in [0.29, 0.717) is 30.1 Å². The zero-order valence-corrected chi connectivity index (χ0v) is 19.0. The number of aryl methyl sites for hydroxylation is 1. The lowest BCUT2D eigenvalue weighted by Gasteiger charge is -2.32. The Morgan fingerprint density at radius 2 is 1.56 bits per heavy atom. The lowest BCUT2D eigenvalue weighted by molar-refractivity contribution is 0.0712. The Morgan fingerprint density at radius 1 is 0.938 bits per heavy atom. The van der Waals surface area contributed by atoms with E-state index in [-0.39, 0.29) is 17.3 Å². The highest BCUT2D eigenvalue weighted by Gasteiger charge is 2.26. The number of carbonyl (C=O) groups is 1. The fourth-order valence-corrected chi connectivity index (χ4v) is 5.48. The Kier molecular flexibility index (Phi) is 6.72. The third-order valence-electron chi connectivity index (χ3n) is 6.09. The van der Waals surface area contributed by atoms with Crippen molar-refractivity contribution in [2.75, 3.05) is 13.1 Å². The fraction of sp³-hybridized carbons (Fsp3) is 0.269. The summed E-state index contributed by atoms with van der Waals surface area (Å²) in [4.78, 5) is 15.1. The smallest absolute Gasteiger partial charge is 0.253 e. The number of piperidine rings is 1. The van der Waals surface area contributed by atoms with Gasteiger partial charge in [0.15, 0.2) is 0 Å². The van der Waals surface area contributed by atoms with Crippen molar-refractivity contribution in [2.45, 2.75) is 37.1 Å². The third-order valence-corrected chi connectivity index (χ3v) is 7.63. The highest BCUT2D eigenvalue weighted by atomic mass is 32.2. The standard InChI is InChI=1S/C26H28N2O3S/c1-20-12-13-24(18-25(20)32(30,31)27-19-21-8-4-2-5-9-21)26(29)28-16-14-23(15-17-28)22-10-6-3-7-11-22/h2-13,18,23,27H,14-17,19H2,1H3. The summed E-state index contributed by atoms with van der Waals surface area (Å²) < 4.78 is 28.5. The largest absolute Gasteiger partial charge is 0.339 e. The van der Waals surface area contributed by atoms with Crippen LogP contribution >= 0.6 is 0 Å². The van der Waals surface area contributed by atoms with Crippen molar-refractivity contribution >= 4 is 15.9 Å². The number of hydrogen-bond donors (Lipinski definition) is 1.